The van der Waals surface area contributed by atoms with E-state index in [4.69, 9.17) is 10.1 Å². The molecule has 1 saturated heterocycles. The van der Waals surface area contributed by atoms with Gasteiger partial charge < -0.3 is 20.4 Å². The van der Waals surface area contributed by atoms with Crippen LogP contribution in [0, 0.1) is 6.92 Å². The van der Waals surface area contributed by atoms with Gasteiger partial charge >= 0.3 is 0 Å². The third-order valence-corrected chi connectivity index (χ3v) is 6.64. The lowest BCUT2D eigenvalue weighted by Gasteiger charge is -2.22. The lowest BCUT2D eigenvalue weighted by atomic mass is 10.0. The maximum atomic E-state index is 14.1. The standard InChI is InChI=1S/C25H28F2N6O2/c1-14(16-5-4-6-17(9-16)25(26,27)13-34)29-24-19-10-21(33-8-7-18(35)12-33)23-20(11-28-32(23)3)22(19)30-15(2)31-24/h4-6,9-11,14,18,34-35H,7-8,12-13H2,1-3H3,(H,29,30,31)/t14-,18-/m1/s1. The molecule has 0 radical (unpaired) electrons. The van der Waals surface area contributed by atoms with E-state index in [9.17, 15) is 13.9 Å². The number of halogens is 2. The van der Waals surface area contributed by atoms with Crippen molar-refractivity contribution in [2.75, 3.05) is 29.9 Å². The first kappa shape index (κ1) is 23.4. The van der Waals surface area contributed by atoms with Crippen LogP contribution < -0.4 is 10.2 Å². The van der Waals surface area contributed by atoms with Crippen LogP contribution in [0.1, 0.15) is 36.3 Å². The summed E-state index contributed by atoms with van der Waals surface area (Å²) < 4.78 is 29.9. The van der Waals surface area contributed by atoms with Crippen LogP contribution in [0.5, 0.6) is 0 Å². The Morgan fingerprint density at radius 3 is 2.74 bits per heavy atom. The van der Waals surface area contributed by atoms with E-state index in [1.807, 2.05) is 31.6 Å². The minimum atomic E-state index is -3.31. The lowest BCUT2D eigenvalue weighted by molar-refractivity contribution is -0.0556. The predicted octanol–water partition coefficient (Wildman–Crippen LogP) is 3.65. The second kappa shape index (κ2) is 8.69. The number of rotatable bonds is 6. The van der Waals surface area contributed by atoms with Crippen molar-refractivity contribution >= 4 is 33.3 Å². The van der Waals surface area contributed by atoms with Crippen LogP contribution in [-0.4, -0.2) is 55.8 Å². The molecule has 3 heterocycles. The van der Waals surface area contributed by atoms with E-state index < -0.39 is 12.5 Å². The highest BCUT2D eigenvalue weighted by atomic mass is 19.3. The van der Waals surface area contributed by atoms with Gasteiger partial charge in [0.2, 0.25) is 0 Å². The zero-order valence-corrected chi connectivity index (χ0v) is 19.8. The number of aromatic nitrogens is 4. The molecule has 1 aliphatic rings. The SMILES string of the molecule is Cc1nc(N[C@H](C)c2cccc(C(F)(F)CO)c2)c2cc(N3CC[C@@H](O)C3)c3c(cnn3C)c2n1. The number of β-amino-alcohol motifs (C(OH)–C–C–N with tert-alkyl or cyclic N) is 1. The van der Waals surface area contributed by atoms with Crippen LogP contribution in [0.25, 0.3) is 21.8 Å². The molecule has 0 saturated carbocycles. The van der Waals surface area contributed by atoms with Crippen LogP contribution in [0.4, 0.5) is 20.3 Å². The van der Waals surface area contributed by atoms with Gasteiger partial charge in [0.15, 0.2) is 0 Å². The summed E-state index contributed by atoms with van der Waals surface area (Å²) >= 11 is 0. The summed E-state index contributed by atoms with van der Waals surface area (Å²) in [7, 11) is 1.88. The first-order valence-electron chi connectivity index (χ1n) is 11.6. The first-order chi connectivity index (χ1) is 16.7. The highest BCUT2D eigenvalue weighted by Crippen LogP contribution is 2.38. The molecule has 4 aromatic rings. The minimum Gasteiger partial charge on any atom is -0.391 e. The van der Waals surface area contributed by atoms with Crippen LogP contribution in [-0.2, 0) is 13.0 Å². The van der Waals surface area contributed by atoms with E-state index in [1.165, 1.54) is 12.1 Å². The fourth-order valence-electron chi connectivity index (χ4n) is 4.77. The number of benzene rings is 2. The number of alkyl halides is 2. The molecule has 184 valence electrons. The molecule has 5 rings (SSSR count). The van der Waals surface area contributed by atoms with Gasteiger partial charge in [0.1, 0.15) is 18.2 Å². The minimum absolute atomic E-state index is 0.234. The third kappa shape index (κ3) is 4.17. The summed E-state index contributed by atoms with van der Waals surface area (Å²) in [6.45, 7) is 3.70. The molecule has 1 fully saturated rings. The molecule has 2 aromatic heterocycles. The van der Waals surface area contributed by atoms with Gasteiger partial charge in [-0.05, 0) is 38.0 Å². The molecule has 0 bridgehead atoms. The number of fused-ring (bicyclic) bond motifs is 3. The molecule has 1 aliphatic heterocycles. The summed E-state index contributed by atoms with van der Waals surface area (Å²) in [6.07, 6.45) is 2.09. The lowest BCUT2D eigenvalue weighted by Crippen LogP contribution is -2.22. The topological polar surface area (TPSA) is 99.3 Å². The molecule has 0 spiro atoms. The van der Waals surface area contributed by atoms with E-state index in [0.717, 1.165) is 34.0 Å². The summed E-state index contributed by atoms with van der Waals surface area (Å²) in [4.78, 5) is 11.5. The van der Waals surface area contributed by atoms with Gasteiger partial charge in [-0.25, -0.2) is 9.97 Å². The number of nitrogens with one attached hydrogen (secondary N) is 1. The molecular formula is C25H28F2N6O2. The van der Waals surface area contributed by atoms with Crippen LogP contribution in [0.15, 0.2) is 36.5 Å². The number of aliphatic hydroxyl groups is 2. The molecule has 8 nitrogen and oxygen atoms in total. The van der Waals surface area contributed by atoms with E-state index in [0.29, 0.717) is 30.2 Å². The van der Waals surface area contributed by atoms with Gasteiger partial charge in [-0.3, -0.25) is 4.68 Å². The Morgan fingerprint density at radius 2 is 2.03 bits per heavy atom. The quantitative estimate of drug-likeness (QED) is 0.386. The Bertz CT molecular complexity index is 1410. The number of hydrogen-bond acceptors (Lipinski definition) is 7. The normalized spacial score (nSPS) is 17.5. The van der Waals surface area contributed by atoms with Crippen molar-refractivity contribution in [2.24, 2.45) is 7.05 Å². The number of hydrogen-bond donors (Lipinski definition) is 3. The second-order valence-corrected chi connectivity index (χ2v) is 9.18. The van der Waals surface area contributed by atoms with E-state index in [1.54, 1.807) is 18.3 Å². The second-order valence-electron chi connectivity index (χ2n) is 9.18. The van der Waals surface area contributed by atoms with Crippen molar-refractivity contribution in [3.8, 4) is 0 Å². The van der Waals surface area contributed by atoms with Crippen LogP contribution in [0.2, 0.25) is 0 Å². The number of aryl methyl sites for hydroxylation is 2. The summed E-state index contributed by atoms with van der Waals surface area (Å²) in [5.74, 6) is -2.15. The zero-order valence-electron chi connectivity index (χ0n) is 19.8. The molecule has 0 aliphatic carbocycles. The Labute approximate surface area is 201 Å². The van der Waals surface area contributed by atoms with E-state index in [2.05, 4.69) is 20.3 Å². The monoisotopic (exact) mass is 482 g/mol. The molecule has 10 heteroatoms. The number of nitrogens with zero attached hydrogens (tertiary/aromatic N) is 5. The first-order valence-corrected chi connectivity index (χ1v) is 11.6. The number of anilines is 2. The highest BCUT2D eigenvalue weighted by Gasteiger charge is 2.31. The van der Waals surface area contributed by atoms with Gasteiger partial charge in [-0.15, -0.1) is 0 Å². The smallest absolute Gasteiger partial charge is 0.295 e. The Kier molecular flexibility index (Phi) is 5.80. The van der Waals surface area contributed by atoms with Crippen molar-refractivity contribution in [1.29, 1.82) is 0 Å². The molecule has 35 heavy (non-hydrogen) atoms. The van der Waals surface area contributed by atoms with Gasteiger partial charge in [0.25, 0.3) is 5.92 Å². The molecule has 2 aromatic carbocycles. The van der Waals surface area contributed by atoms with Crippen molar-refractivity contribution in [2.45, 2.75) is 38.3 Å². The maximum Gasteiger partial charge on any atom is 0.295 e. The molecule has 0 amide bonds. The van der Waals surface area contributed by atoms with Gasteiger partial charge in [0.05, 0.1) is 29.0 Å². The van der Waals surface area contributed by atoms with Crippen molar-refractivity contribution in [3.05, 3.63) is 53.5 Å². The Hall–Kier alpha value is -3.37. The molecular weight excluding hydrogens is 454 g/mol. The van der Waals surface area contributed by atoms with Crippen molar-refractivity contribution in [1.82, 2.24) is 19.7 Å². The predicted molar refractivity (Wildman–Crippen MR) is 131 cm³/mol. The Morgan fingerprint density at radius 1 is 1.23 bits per heavy atom. The average molecular weight is 483 g/mol. The fourth-order valence-corrected chi connectivity index (χ4v) is 4.77. The van der Waals surface area contributed by atoms with E-state index in [-0.39, 0.29) is 17.7 Å². The maximum absolute atomic E-state index is 14.1. The summed E-state index contributed by atoms with van der Waals surface area (Å²) in [6, 6.07) is 7.71. The van der Waals surface area contributed by atoms with Gasteiger partial charge in [-0.1, -0.05) is 18.2 Å². The molecule has 3 N–H and O–H groups in total. The highest BCUT2D eigenvalue weighted by molar-refractivity contribution is 6.12. The van der Waals surface area contributed by atoms with E-state index >= 15 is 0 Å². The fraction of sp³-hybridized carbons (Fsp3) is 0.400. The largest absolute Gasteiger partial charge is 0.391 e. The average Bonchev–Trinajstić information content (AvgIpc) is 3.45. The van der Waals surface area contributed by atoms with Crippen molar-refractivity contribution < 1.29 is 19.0 Å². The Balaban J connectivity index is 1.61. The molecule has 2 atom stereocenters. The zero-order chi connectivity index (χ0) is 24.9. The third-order valence-electron chi connectivity index (χ3n) is 6.64. The summed E-state index contributed by atoms with van der Waals surface area (Å²) in [5, 5.41) is 28.7. The van der Waals surface area contributed by atoms with Crippen molar-refractivity contribution in [3.63, 3.8) is 0 Å². The summed E-state index contributed by atoms with van der Waals surface area (Å²) in [5.41, 5.74) is 3.03. The molecule has 0 unspecified atom stereocenters. The van der Waals surface area contributed by atoms with Crippen LogP contribution >= 0.6 is 0 Å². The number of aliphatic hydroxyl groups excluding tert-OH is 2. The van der Waals surface area contributed by atoms with Gasteiger partial charge in [0, 0.05) is 42.5 Å². The van der Waals surface area contributed by atoms with Crippen LogP contribution in [0.3, 0.4) is 0 Å². The van der Waals surface area contributed by atoms with Gasteiger partial charge in [-0.2, -0.15) is 13.9 Å².